The van der Waals surface area contributed by atoms with Gasteiger partial charge < -0.3 is 4.90 Å². The Morgan fingerprint density at radius 2 is 1.95 bits per heavy atom. The van der Waals surface area contributed by atoms with Crippen molar-refractivity contribution in [3.63, 3.8) is 0 Å². The molecule has 0 atom stereocenters. The second-order valence-electron chi connectivity index (χ2n) is 5.33. The van der Waals surface area contributed by atoms with Gasteiger partial charge in [-0.2, -0.15) is 0 Å². The first-order valence-corrected chi connectivity index (χ1v) is 7.80. The van der Waals surface area contributed by atoms with E-state index in [4.69, 9.17) is 0 Å². The van der Waals surface area contributed by atoms with Gasteiger partial charge in [0.25, 0.3) is 5.91 Å². The summed E-state index contributed by atoms with van der Waals surface area (Å²) in [7, 11) is 1.86. The van der Waals surface area contributed by atoms with Crippen molar-refractivity contribution in [2.45, 2.75) is 31.7 Å². The third-order valence-electron chi connectivity index (χ3n) is 4.09. The fraction of sp³-hybridized carbons (Fsp3) is 0.375. The van der Waals surface area contributed by atoms with Gasteiger partial charge in [0.2, 0.25) is 0 Å². The van der Waals surface area contributed by atoms with Gasteiger partial charge in [0.15, 0.2) is 0 Å². The highest BCUT2D eigenvalue weighted by atomic mass is 32.1. The number of hydrogen-bond donors (Lipinski definition) is 0. The third-order valence-corrected chi connectivity index (χ3v) is 5.06. The average molecular weight is 287 g/mol. The molecular weight excluding hydrogens is 270 g/mol. The number of amides is 1. The SMILES string of the molecule is CN(C(=O)c1csc2ccccc12)C1CCC(=O)CC1. The summed E-state index contributed by atoms with van der Waals surface area (Å²) in [4.78, 5) is 25.8. The maximum atomic E-state index is 12.6. The number of Topliss-reactive ketones (excluding diaryl/α,β-unsaturated/α-hetero) is 1. The van der Waals surface area contributed by atoms with Crippen molar-refractivity contribution in [1.29, 1.82) is 0 Å². The molecule has 4 heteroatoms. The van der Waals surface area contributed by atoms with Crippen molar-refractivity contribution in [2.75, 3.05) is 7.05 Å². The van der Waals surface area contributed by atoms with Crippen LogP contribution in [0.3, 0.4) is 0 Å². The number of carbonyl (C=O) groups is 2. The van der Waals surface area contributed by atoms with Crippen molar-refractivity contribution in [2.24, 2.45) is 0 Å². The van der Waals surface area contributed by atoms with Gasteiger partial charge in [0.1, 0.15) is 5.78 Å². The van der Waals surface area contributed by atoms with Gasteiger partial charge in [-0.25, -0.2) is 0 Å². The van der Waals surface area contributed by atoms with Crippen LogP contribution < -0.4 is 0 Å². The maximum absolute atomic E-state index is 12.6. The lowest BCUT2D eigenvalue weighted by atomic mass is 9.93. The van der Waals surface area contributed by atoms with E-state index < -0.39 is 0 Å². The molecule has 1 heterocycles. The van der Waals surface area contributed by atoms with Crippen molar-refractivity contribution in [1.82, 2.24) is 4.90 Å². The van der Waals surface area contributed by atoms with Crippen LogP contribution in [-0.2, 0) is 4.79 Å². The van der Waals surface area contributed by atoms with Crippen LogP contribution in [0.1, 0.15) is 36.0 Å². The predicted octanol–water partition coefficient (Wildman–Crippen LogP) is 3.49. The average Bonchev–Trinajstić information content (AvgIpc) is 2.90. The molecule has 3 rings (SSSR count). The smallest absolute Gasteiger partial charge is 0.255 e. The van der Waals surface area contributed by atoms with Crippen LogP contribution in [-0.4, -0.2) is 29.7 Å². The monoisotopic (exact) mass is 287 g/mol. The molecule has 1 amide bonds. The molecule has 0 N–H and O–H groups in total. The first-order valence-electron chi connectivity index (χ1n) is 6.92. The Kier molecular flexibility index (Phi) is 3.57. The Morgan fingerprint density at radius 1 is 1.25 bits per heavy atom. The molecular formula is C16H17NO2S. The number of thiophene rings is 1. The predicted molar refractivity (Wildman–Crippen MR) is 81.2 cm³/mol. The van der Waals surface area contributed by atoms with E-state index in [1.54, 1.807) is 11.3 Å². The summed E-state index contributed by atoms with van der Waals surface area (Å²) in [6.07, 6.45) is 2.80. The molecule has 1 aromatic heterocycles. The molecule has 20 heavy (non-hydrogen) atoms. The van der Waals surface area contributed by atoms with Crippen LogP contribution in [0.25, 0.3) is 10.1 Å². The molecule has 0 saturated heterocycles. The Hall–Kier alpha value is -1.68. The molecule has 0 bridgehead atoms. The van der Waals surface area contributed by atoms with E-state index in [0.717, 1.165) is 28.5 Å². The number of nitrogens with zero attached hydrogens (tertiary/aromatic N) is 1. The van der Waals surface area contributed by atoms with Crippen molar-refractivity contribution < 1.29 is 9.59 Å². The molecule has 2 aromatic rings. The van der Waals surface area contributed by atoms with Gasteiger partial charge in [-0.15, -0.1) is 11.3 Å². The summed E-state index contributed by atoms with van der Waals surface area (Å²) < 4.78 is 1.14. The summed E-state index contributed by atoms with van der Waals surface area (Å²) >= 11 is 1.61. The van der Waals surface area contributed by atoms with E-state index in [0.29, 0.717) is 18.6 Å². The summed E-state index contributed by atoms with van der Waals surface area (Å²) in [6, 6.07) is 8.18. The summed E-state index contributed by atoms with van der Waals surface area (Å²) in [5, 5.41) is 2.97. The standard InChI is InChI=1S/C16H17NO2S/c1-17(11-6-8-12(18)9-7-11)16(19)14-10-20-15-5-3-2-4-13(14)15/h2-5,10-11H,6-9H2,1H3. The zero-order valence-electron chi connectivity index (χ0n) is 11.5. The third kappa shape index (κ3) is 2.36. The topological polar surface area (TPSA) is 37.4 Å². The zero-order valence-corrected chi connectivity index (χ0v) is 12.3. The van der Waals surface area contributed by atoms with Gasteiger partial charge >= 0.3 is 0 Å². The zero-order chi connectivity index (χ0) is 14.1. The Balaban J connectivity index is 1.83. The first kappa shape index (κ1) is 13.3. The number of carbonyl (C=O) groups excluding carboxylic acids is 2. The second-order valence-corrected chi connectivity index (χ2v) is 6.24. The van der Waals surface area contributed by atoms with Gasteiger partial charge in [-0.3, -0.25) is 9.59 Å². The lowest BCUT2D eigenvalue weighted by molar-refractivity contribution is -0.121. The molecule has 1 aliphatic rings. The molecule has 1 aromatic carbocycles. The lowest BCUT2D eigenvalue weighted by Gasteiger charge is -2.30. The van der Waals surface area contributed by atoms with Crippen LogP contribution in [0.4, 0.5) is 0 Å². The number of rotatable bonds is 2. The van der Waals surface area contributed by atoms with Gasteiger partial charge in [0.05, 0.1) is 5.56 Å². The van der Waals surface area contributed by atoms with Crippen LogP contribution in [0.15, 0.2) is 29.6 Å². The first-order chi connectivity index (χ1) is 9.66. The number of ketones is 1. The highest BCUT2D eigenvalue weighted by Gasteiger charge is 2.26. The molecule has 0 spiro atoms. The quantitative estimate of drug-likeness (QED) is 0.848. The Labute approximate surface area is 122 Å². The number of hydrogen-bond acceptors (Lipinski definition) is 3. The van der Waals surface area contributed by atoms with Crippen LogP contribution in [0.2, 0.25) is 0 Å². The van der Waals surface area contributed by atoms with Gasteiger partial charge in [0, 0.05) is 41.4 Å². The Morgan fingerprint density at radius 3 is 2.70 bits per heavy atom. The van der Waals surface area contributed by atoms with Gasteiger partial charge in [-0.05, 0) is 18.9 Å². The summed E-state index contributed by atoms with van der Waals surface area (Å²) in [5.41, 5.74) is 0.782. The molecule has 3 nitrogen and oxygen atoms in total. The normalized spacial score (nSPS) is 16.6. The van der Waals surface area contributed by atoms with Gasteiger partial charge in [-0.1, -0.05) is 18.2 Å². The molecule has 0 aliphatic heterocycles. The minimum absolute atomic E-state index is 0.0711. The lowest BCUT2D eigenvalue weighted by Crippen LogP contribution is -2.39. The van der Waals surface area contributed by atoms with E-state index >= 15 is 0 Å². The van der Waals surface area contributed by atoms with E-state index in [9.17, 15) is 9.59 Å². The second kappa shape index (κ2) is 5.37. The highest BCUT2D eigenvalue weighted by molar-refractivity contribution is 7.17. The molecule has 104 valence electrons. The fourth-order valence-electron chi connectivity index (χ4n) is 2.81. The van der Waals surface area contributed by atoms with E-state index in [-0.39, 0.29) is 11.9 Å². The molecule has 0 unspecified atom stereocenters. The van der Waals surface area contributed by atoms with Crippen LogP contribution >= 0.6 is 11.3 Å². The van der Waals surface area contributed by atoms with Crippen molar-refractivity contribution in [3.05, 3.63) is 35.2 Å². The summed E-state index contributed by atoms with van der Waals surface area (Å²) in [6.45, 7) is 0. The highest BCUT2D eigenvalue weighted by Crippen LogP contribution is 2.28. The summed E-state index contributed by atoms with van der Waals surface area (Å²) in [5.74, 6) is 0.393. The molecule has 1 fully saturated rings. The van der Waals surface area contributed by atoms with E-state index in [2.05, 4.69) is 0 Å². The van der Waals surface area contributed by atoms with Crippen molar-refractivity contribution in [3.8, 4) is 0 Å². The number of fused-ring (bicyclic) bond motifs is 1. The van der Waals surface area contributed by atoms with E-state index in [1.807, 2.05) is 41.6 Å². The van der Waals surface area contributed by atoms with Crippen LogP contribution in [0, 0.1) is 0 Å². The molecule has 1 saturated carbocycles. The minimum atomic E-state index is 0.0711. The number of benzene rings is 1. The largest absolute Gasteiger partial charge is 0.339 e. The van der Waals surface area contributed by atoms with Crippen molar-refractivity contribution >= 4 is 33.1 Å². The van der Waals surface area contributed by atoms with Crippen LogP contribution in [0.5, 0.6) is 0 Å². The Bertz CT molecular complexity index is 651. The van der Waals surface area contributed by atoms with E-state index in [1.165, 1.54) is 0 Å². The molecule has 1 aliphatic carbocycles. The minimum Gasteiger partial charge on any atom is -0.339 e. The molecule has 0 radical (unpaired) electrons. The maximum Gasteiger partial charge on any atom is 0.255 e. The fourth-order valence-corrected chi connectivity index (χ4v) is 3.75.